The largest absolute Gasteiger partial charge is 0.468 e. The van der Waals surface area contributed by atoms with Crippen molar-refractivity contribution in [3.05, 3.63) is 23.7 Å². The minimum Gasteiger partial charge on any atom is -0.468 e. The first-order valence-corrected chi connectivity index (χ1v) is 7.59. The summed E-state index contributed by atoms with van der Waals surface area (Å²) in [5.41, 5.74) is 1.26. The molecule has 3 nitrogen and oxygen atoms in total. The summed E-state index contributed by atoms with van der Waals surface area (Å²) >= 11 is 0. The average Bonchev–Trinajstić information content (AvgIpc) is 2.71. The maximum atomic E-state index is 5.64. The molecule has 3 heteroatoms. The van der Waals surface area contributed by atoms with Crippen LogP contribution < -0.4 is 5.32 Å². The van der Waals surface area contributed by atoms with Crippen molar-refractivity contribution in [1.29, 1.82) is 0 Å². The van der Waals surface area contributed by atoms with Crippen LogP contribution in [0.2, 0.25) is 0 Å². The van der Waals surface area contributed by atoms with Gasteiger partial charge in [-0.2, -0.15) is 0 Å². The molecule has 1 aromatic rings. The summed E-state index contributed by atoms with van der Waals surface area (Å²) < 4.78 is 5.64. The fourth-order valence-electron chi connectivity index (χ4n) is 2.55. The highest BCUT2D eigenvalue weighted by Crippen LogP contribution is 2.27. The van der Waals surface area contributed by atoms with Gasteiger partial charge in [0.1, 0.15) is 5.76 Å². The third-order valence-electron chi connectivity index (χ3n) is 3.81. The lowest BCUT2D eigenvalue weighted by Crippen LogP contribution is -2.28. The third-order valence-corrected chi connectivity index (χ3v) is 3.81. The summed E-state index contributed by atoms with van der Waals surface area (Å²) in [7, 11) is 2.19. The lowest BCUT2D eigenvalue weighted by molar-refractivity contribution is 0.191. The fraction of sp³-hybridized carbons (Fsp3) is 0.750. The van der Waals surface area contributed by atoms with Gasteiger partial charge in [0.25, 0.3) is 0 Å². The first-order chi connectivity index (χ1) is 9.13. The maximum Gasteiger partial charge on any atom is 0.118 e. The third kappa shape index (κ3) is 5.00. The molecule has 0 radical (unpaired) electrons. The lowest BCUT2D eigenvalue weighted by Gasteiger charge is -2.29. The van der Waals surface area contributed by atoms with Crippen molar-refractivity contribution in [2.45, 2.75) is 46.2 Å². The van der Waals surface area contributed by atoms with Crippen LogP contribution in [0.1, 0.15) is 44.4 Å². The van der Waals surface area contributed by atoms with Crippen molar-refractivity contribution < 1.29 is 4.42 Å². The second-order valence-corrected chi connectivity index (χ2v) is 6.44. The average molecular weight is 264 g/mol. The van der Waals surface area contributed by atoms with Crippen molar-refractivity contribution in [1.82, 2.24) is 10.2 Å². The summed E-state index contributed by atoms with van der Waals surface area (Å²) in [5.74, 6) is 2.70. The molecule has 1 saturated carbocycles. The van der Waals surface area contributed by atoms with E-state index in [-0.39, 0.29) is 0 Å². The van der Waals surface area contributed by atoms with Crippen molar-refractivity contribution >= 4 is 0 Å². The summed E-state index contributed by atoms with van der Waals surface area (Å²) in [6, 6.07) is 2.19. The number of hydrogen-bond donors (Lipinski definition) is 1. The highest BCUT2D eigenvalue weighted by atomic mass is 16.3. The Balaban J connectivity index is 1.70. The minimum absolute atomic E-state index is 0.694. The zero-order valence-corrected chi connectivity index (χ0v) is 12.6. The first-order valence-electron chi connectivity index (χ1n) is 7.59. The van der Waals surface area contributed by atoms with Crippen molar-refractivity contribution in [2.24, 2.45) is 11.8 Å². The van der Waals surface area contributed by atoms with Crippen LogP contribution in [0.25, 0.3) is 0 Å². The molecular formula is C16H28N2O. The van der Waals surface area contributed by atoms with E-state index >= 15 is 0 Å². The first kappa shape index (κ1) is 14.6. The predicted octanol–water partition coefficient (Wildman–Crippen LogP) is 3.26. The van der Waals surface area contributed by atoms with Crippen LogP contribution in [0.4, 0.5) is 0 Å². The molecule has 0 saturated heterocycles. The molecule has 1 heterocycles. The molecule has 1 aliphatic carbocycles. The number of nitrogens with one attached hydrogen (secondary N) is 1. The normalized spacial score (nSPS) is 16.3. The van der Waals surface area contributed by atoms with E-state index in [1.54, 1.807) is 0 Å². The molecule has 108 valence electrons. The van der Waals surface area contributed by atoms with Crippen LogP contribution >= 0.6 is 0 Å². The standard InChI is InChI=1S/C16H28N2O/c1-13(2)8-17-9-15-7-16(19-12-15)11-18(3)10-14-5-4-6-14/h7,12-14,17H,4-6,8-11H2,1-3H3. The molecule has 1 aliphatic rings. The fourth-order valence-corrected chi connectivity index (χ4v) is 2.55. The lowest BCUT2D eigenvalue weighted by atomic mass is 9.85. The number of furan rings is 1. The zero-order chi connectivity index (χ0) is 13.7. The molecular weight excluding hydrogens is 236 g/mol. The highest BCUT2D eigenvalue weighted by molar-refractivity contribution is 5.12. The van der Waals surface area contributed by atoms with Crippen LogP contribution in [-0.2, 0) is 13.1 Å². The molecule has 1 fully saturated rings. The summed E-state index contributed by atoms with van der Waals surface area (Å²) in [6.07, 6.45) is 6.13. The molecule has 0 unspecified atom stereocenters. The van der Waals surface area contributed by atoms with E-state index in [1.807, 2.05) is 6.26 Å². The molecule has 1 aromatic heterocycles. The van der Waals surface area contributed by atoms with Crippen LogP contribution in [0.5, 0.6) is 0 Å². The second-order valence-electron chi connectivity index (χ2n) is 6.44. The number of nitrogens with zero attached hydrogens (tertiary/aromatic N) is 1. The van der Waals surface area contributed by atoms with Gasteiger partial charge in [-0.1, -0.05) is 20.3 Å². The van der Waals surface area contributed by atoms with E-state index in [4.69, 9.17) is 4.42 Å². The monoisotopic (exact) mass is 264 g/mol. The Bertz CT molecular complexity index is 369. The second kappa shape index (κ2) is 7.11. The van der Waals surface area contributed by atoms with Crippen LogP contribution in [-0.4, -0.2) is 25.0 Å². The van der Waals surface area contributed by atoms with E-state index < -0.39 is 0 Å². The molecule has 19 heavy (non-hydrogen) atoms. The molecule has 0 aliphatic heterocycles. The molecule has 2 rings (SSSR count). The van der Waals surface area contributed by atoms with Gasteiger partial charge in [-0.05, 0) is 44.3 Å². The molecule has 0 spiro atoms. The Labute approximate surface area is 117 Å². The highest BCUT2D eigenvalue weighted by Gasteiger charge is 2.19. The van der Waals surface area contributed by atoms with E-state index in [0.717, 1.165) is 31.3 Å². The van der Waals surface area contributed by atoms with E-state index in [2.05, 4.69) is 37.2 Å². The van der Waals surface area contributed by atoms with Crippen LogP contribution in [0.3, 0.4) is 0 Å². The molecule has 1 N–H and O–H groups in total. The van der Waals surface area contributed by atoms with Crippen LogP contribution in [0, 0.1) is 11.8 Å². The van der Waals surface area contributed by atoms with Gasteiger partial charge in [0, 0.05) is 18.7 Å². The zero-order valence-electron chi connectivity index (χ0n) is 12.6. The molecule has 0 atom stereocenters. The number of hydrogen-bond acceptors (Lipinski definition) is 3. The van der Waals surface area contributed by atoms with Gasteiger partial charge in [0.05, 0.1) is 12.8 Å². The Kier molecular flexibility index (Phi) is 5.46. The Morgan fingerprint density at radius 1 is 1.42 bits per heavy atom. The summed E-state index contributed by atoms with van der Waals surface area (Å²) in [6.45, 7) is 8.56. The van der Waals surface area contributed by atoms with Gasteiger partial charge >= 0.3 is 0 Å². The van der Waals surface area contributed by atoms with Gasteiger partial charge < -0.3 is 9.73 Å². The topological polar surface area (TPSA) is 28.4 Å². The Hall–Kier alpha value is -0.800. The quantitative estimate of drug-likeness (QED) is 0.781. The van der Waals surface area contributed by atoms with Gasteiger partial charge in [0.15, 0.2) is 0 Å². The summed E-state index contributed by atoms with van der Waals surface area (Å²) in [5, 5.41) is 3.44. The number of rotatable bonds is 8. The Morgan fingerprint density at radius 2 is 2.21 bits per heavy atom. The molecule has 0 amide bonds. The van der Waals surface area contributed by atoms with E-state index in [9.17, 15) is 0 Å². The minimum atomic E-state index is 0.694. The molecule has 0 aromatic carbocycles. The van der Waals surface area contributed by atoms with E-state index in [0.29, 0.717) is 5.92 Å². The van der Waals surface area contributed by atoms with Crippen molar-refractivity contribution in [3.8, 4) is 0 Å². The van der Waals surface area contributed by atoms with Gasteiger partial charge in [-0.15, -0.1) is 0 Å². The van der Waals surface area contributed by atoms with Crippen molar-refractivity contribution in [3.63, 3.8) is 0 Å². The predicted molar refractivity (Wildman–Crippen MR) is 78.9 cm³/mol. The van der Waals surface area contributed by atoms with Crippen LogP contribution in [0.15, 0.2) is 16.7 Å². The molecule has 0 bridgehead atoms. The maximum absolute atomic E-state index is 5.64. The van der Waals surface area contributed by atoms with Gasteiger partial charge in [0.2, 0.25) is 0 Å². The van der Waals surface area contributed by atoms with Gasteiger partial charge in [-0.25, -0.2) is 0 Å². The SMILES string of the molecule is CC(C)CNCc1coc(CN(C)CC2CCC2)c1. The Morgan fingerprint density at radius 3 is 2.84 bits per heavy atom. The van der Waals surface area contributed by atoms with Gasteiger partial charge in [-0.3, -0.25) is 4.90 Å². The summed E-state index contributed by atoms with van der Waals surface area (Å²) in [4.78, 5) is 2.38. The van der Waals surface area contributed by atoms with E-state index in [1.165, 1.54) is 31.4 Å². The van der Waals surface area contributed by atoms with Crippen molar-refractivity contribution in [2.75, 3.05) is 20.1 Å². The smallest absolute Gasteiger partial charge is 0.118 e.